The van der Waals surface area contributed by atoms with Crippen molar-refractivity contribution in [3.05, 3.63) is 30.5 Å². The monoisotopic (exact) mass is 270 g/mol. The van der Waals surface area contributed by atoms with Crippen molar-refractivity contribution in [2.75, 3.05) is 11.9 Å². The lowest BCUT2D eigenvalue weighted by Crippen LogP contribution is -2.31. The predicted octanol–water partition coefficient (Wildman–Crippen LogP) is 2.92. The van der Waals surface area contributed by atoms with Crippen molar-refractivity contribution in [1.82, 2.24) is 4.98 Å². The molecule has 1 saturated heterocycles. The smallest absolute Gasteiger partial charge is 0.134 e. The van der Waals surface area contributed by atoms with Gasteiger partial charge in [0.15, 0.2) is 0 Å². The van der Waals surface area contributed by atoms with Crippen molar-refractivity contribution < 1.29 is 9.84 Å². The number of ether oxygens (including phenoxy) is 1. The summed E-state index contributed by atoms with van der Waals surface area (Å²) in [5, 5.41) is 15.3. The van der Waals surface area contributed by atoms with Crippen LogP contribution in [0.4, 0.5) is 5.82 Å². The molecule has 2 heterocycles. The maximum atomic E-state index is 9.69. The van der Waals surface area contributed by atoms with E-state index >= 15 is 0 Å². The summed E-state index contributed by atoms with van der Waals surface area (Å²) in [4.78, 5) is 4.45. The van der Waals surface area contributed by atoms with E-state index in [4.69, 9.17) is 4.74 Å². The summed E-state index contributed by atoms with van der Waals surface area (Å²) in [6.45, 7) is 0.828. The first-order valence-corrected chi connectivity index (χ1v) is 7.27. The molecule has 2 N–H and O–H groups in total. The van der Waals surface area contributed by atoms with Crippen molar-refractivity contribution in [1.29, 1.82) is 0 Å². The van der Waals surface area contributed by atoms with E-state index in [0.717, 1.165) is 35.5 Å². The van der Waals surface area contributed by atoms with Gasteiger partial charge in [-0.1, -0.05) is 6.07 Å². The van der Waals surface area contributed by atoms with Gasteiger partial charge >= 0.3 is 0 Å². The number of fused-ring (bicyclic) bond motifs is 1. The largest absolute Gasteiger partial charge is 0.508 e. The molecule has 2 aliphatic rings. The molecule has 1 aromatic carbocycles. The number of benzene rings is 1. The van der Waals surface area contributed by atoms with Crippen molar-refractivity contribution >= 4 is 16.6 Å². The summed E-state index contributed by atoms with van der Waals surface area (Å²) in [6.07, 6.45) is 5.73. The van der Waals surface area contributed by atoms with Crippen molar-refractivity contribution in [2.45, 2.75) is 31.4 Å². The van der Waals surface area contributed by atoms with Crippen molar-refractivity contribution in [3.8, 4) is 5.75 Å². The SMILES string of the molecule is Oc1ccc2ccnc(NC3CCOC3C3CC3)c2c1. The summed E-state index contributed by atoms with van der Waals surface area (Å²) in [5.74, 6) is 1.84. The normalized spacial score (nSPS) is 26.0. The highest BCUT2D eigenvalue weighted by atomic mass is 16.5. The highest BCUT2D eigenvalue weighted by Gasteiger charge is 2.40. The van der Waals surface area contributed by atoms with Gasteiger partial charge in [0.2, 0.25) is 0 Å². The Morgan fingerprint density at radius 2 is 2.10 bits per heavy atom. The van der Waals surface area contributed by atoms with E-state index in [1.807, 2.05) is 18.3 Å². The van der Waals surface area contributed by atoms with Gasteiger partial charge < -0.3 is 15.2 Å². The Balaban J connectivity index is 1.66. The molecular weight excluding hydrogens is 252 g/mol. The number of aromatic nitrogens is 1. The number of hydrogen-bond acceptors (Lipinski definition) is 4. The number of rotatable bonds is 3. The maximum absolute atomic E-state index is 9.69. The first kappa shape index (κ1) is 12.0. The zero-order valence-electron chi connectivity index (χ0n) is 11.2. The van der Waals surface area contributed by atoms with Crippen LogP contribution in [0.5, 0.6) is 5.75 Å². The van der Waals surface area contributed by atoms with E-state index in [1.54, 1.807) is 12.1 Å². The Morgan fingerprint density at radius 3 is 2.95 bits per heavy atom. The second kappa shape index (κ2) is 4.63. The number of anilines is 1. The highest BCUT2D eigenvalue weighted by Crippen LogP contribution is 2.40. The van der Waals surface area contributed by atoms with E-state index in [1.165, 1.54) is 12.8 Å². The Bertz CT molecular complexity index is 639. The molecule has 20 heavy (non-hydrogen) atoms. The Hall–Kier alpha value is -1.81. The van der Waals surface area contributed by atoms with Crippen LogP contribution in [0.15, 0.2) is 30.5 Å². The third-order valence-electron chi connectivity index (χ3n) is 4.29. The summed E-state index contributed by atoms with van der Waals surface area (Å²) in [5.41, 5.74) is 0. The molecule has 0 bridgehead atoms. The molecular formula is C16H18N2O2. The number of phenols is 1. The van der Waals surface area contributed by atoms with E-state index in [9.17, 15) is 5.11 Å². The summed E-state index contributed by atoms with van der Waals surface area (Å²) < 4.78 is 5.86. The molecule has 0 amide bonds. The topological polar surface area (TPSA) is 54.4 Å². The van der Waals surface area contributed by atoms with Gasteiger partial charge in [-0.2, -0.15) is 0 Å². The number of hydrogen-bond donors (Lipinski definition) is 2. The lowest BCUT2D eigenvalue weighted by atomic mass is 10.1. The van der Waals surface area contributed by atoms with Crippen LogP contribution in [-0.2, 0) is 4.74 Å². The van der Waals surface area contributed by atoms with E-state index in [2.05, 4.69) is 10.3 Å². The van der Waals surface area contributed by atoms with Crippen molar-refractivity contribution in [2.24, 2.45) is 5.92 Å². The van der Waals surface area contributed by atoms with Crippen LogP contribution < -0.4 is 5.32 Å². The van der Waals surface area contributed by atoms with Crippen LogP contribution in [0.2, 0.25) is 0 Å². The number of aromatic hydroxyl groups is 1. The van der Waals surface area contributed by atoms with E-state index in [0.29, 0.717) is 12.1 Å². The van der Waals surface area contributed by atoms with Crippen LogP contribution in [0.3, 0.4) is 0 Å². The van der Waals surface area contributed by atoms with Crippen LogP contribution in [0.25, 0.3) is 10.8 Å². The molecule has 4 heteroatoms. The molecule has 4 rings (SSSR count). The third-order valence-corrected chi connectivity index (χ3v) is 4.29. The molecule has 2 fully saturated rings. The predicted molar refractivity (Wildman–Crippen MR) is 77.9 cm³/mol. The fourth-order valence-electron chi connectivity index (χ4n) is 3.10. The second-order valence-electron chi connectivity index (χ2n) is 5.78. The Labute approximate surface area is 117 Å². The van der Waals surface area contributed by atoms with Crippen molar-refractivity contribution in [3.63, 3.8) is 0 Å². The summed E-state index contributed by atoms with van der Waals surface area (Å²) in [7, 11) is 0. The molecule has 1 saturated carbocycles. The Kier molecular flexibility index (Phi) is 2.77. The number of pyridine rings is 1. The van der Waals surface area contributed by atoms with Crippen LogP contribution in [0.1, 0.15) is 19.3 Å². The van der Waals surface area contributed by atoms with Gasteiger partial charge in [-0.05, 0) is 48.8 Å². The minimum atomic E-state index is 0.273. The van der Waals surface area contributed by atoms with E-state index in [-0.39, 0.29) is 5.75 Å². The zero-order chi connectivity index (χ0) is 13.5. The van der Waals surface area contributed by atoms with Gasteiger partial charge in [-0.15, -0.1) is 0 Å². The highest BCUT2D eigenvalue weighted by molar-refractivity contribution is 5.92. The van der Waals surface area contributed by atoms with Crippen LogP contribution >= 0.6 is 0 Å². The summed E-state index contributed by atoms with van der Waals surface area (Å²) >= 11 is 0. The molecule has 2 atom stereocenters. The quantitative estimate of drug-likeness (QED) is 0.900. The average molecular weight is 270 g/mol. The van der Waals surface area contributed by atoms with Gasteiger partial charge in [0.25, 0.3) is 0 Å². The molecule has 2 unspecified atom stereocenters. The molecule has 1 aliphatic heterocycles. The van der Waals surface area contributed by atoms with Gasteiger partial charge in [-0.25, -0.2) is 4.98 Å². The van der Waals surface area contributed by atoms with Gasteiger partial charge in [0.05, 0.1) is 12.1 Å². The molecule has 0 radical (unpaired) electrons. The lowest BCUT2D eigenvalue weighted by Gasteiger charge is -2.20. The number of nitrogens with zero attached hydrogens (tertiary/aromatic N) is 1. The van der Waals surface area contributed by atoms with E-state index < -0.39 is 0 Å². The lowest BCUT2D eigenvalue weighted by molar-refractivity contribution is 0.0898. The Morgan fingerprint density at radius 1 is 1.20 bits per heavy atom. The third kappa shape index (κ3) is 2.10. The zero-order valence-corrected chi connectivity index (χ0v) is 11.2. The minimum Gasteiger partial charge on any atom is -0.508 e. The molecule has 1 aliphatic carbocycles. The van der Waals surface area contributed by atoms with Crippen LogP contribution in [0, 0.1) is 5.92 Å². The standard InChI is InChI=1S/C16H18N2O2/c19-12-4-3-10-5-7-17-16(13(10)9-12)18-14-6-8-20-15(14)11-1-2-11/h3-5,7,9,11,14-15,19H,1-2,6,8H2,(H,17,18). The maximum Gasteiger partial charge on any atom is 0.134 e. The van der Waals surface area contributed by atoms with Crippen LogP contribution in [-0.4, -0.2) is 28.8 Å². The molecule has 0 spiro atoms. The second-order valence-corrected chi connectivity index (χ2v) is 5.78. The van der Waals surface area contributed by atoms with Gasteiger partial charge in [-0.3, -0.25) is 0 Å². The minimum absolute atomic E-state index is 0.273. The molecule has 1 aromatic heterocycles. The fraction of sp³-hybridized carbons (Fsp3) is 0.438. The first-order valence-electron chi connectivity index (χ1n) is 7.27. The first-order chi connectivity index (χ1) is 9.81. The molecule has 2 aromatic rings. The number of phenolic OH excluding ortho intramolecular Hbond substituents is 1. The van der Waals surface area contributed by atoms with Gasteiger partial charge in [0, 0.05) is 18.2 Å². The molecule has 104 valence electrons. The number of nitrogens with one attached hydrogen (secondary N) is 1. The average Bonchev–Trinajstić information content (AvgIpc) is 3.20. The molecule has 4 nitrogen and oxygen atoms in total. The summed E-state index contributed by atoms with van der Waals surface area (Å²) in [6, 6.07) is 7.69. The fourth-order valence-corrected chi connectivity index (χ4v) is 3.10. The van der Waals surface area contributed by atoms with Gasteiger partial charge in [0.1, 0.15) is 11.6 Å².